The highest BCUT2D eigenvalue weighted by molar-refractivity contribution is 9.10. The maximum atomic E-state index is 11.1. The molecule has 0 fully saturated rings. The number of rotatable bonds is 5. The average Bonchev–Trinajstić information content (AvgIpc) is 2.41. The normalized spacial score (nSPS) is 10.4. The lowest BCUT2D eigenvalue weighted by atomic mass is 10.1. The highest BCUT2D eigenvalue weighted by Crippen LogP contribution is 2.26. The highest BCUT2D eigenvalue weighted by Gasteiger charge is 2.14. The van der Waals surface area contributed by atoms with Gasteiger partial charge >= 0.3 is 5.97 Å². The van der Waals surface area contributed by atoms with Crippen LogP contribution in [-0.4, -0.2) is 22.7 Å². The molecule has 0 spiro atoms. The quantitative estimate of drug-likeness (QED) is 0.838. The summed E-state index contributed by atoms with van der Waals surface area (Å²) in [5.74, 6) is -0.833. The maximum absolute atomic E-state index is 11.1. The molecule has 0 radical (unpaired) electrons. The molecule has 0 bridgehead atoms. The number of benzene rings is 2. The molecule has 0 atom stereocenters. The van der Waals surface area contributed by atoms with Gasteiger partial charge in [-0.15, -0.1) is 0 Å². The van der Waals surface area contributed by atoms with Crippen molar-refractivity contribution in [2.24, 2.45) is 0 Å². The molecule has 110 valence electrons. The molecule has 0 aliphatic carbocycles. The Labute approximate surface area is 135 Å². The number of carboxylic acids is 1. The van der Waals surface area contributed by atoms with Gasteiger partial charge in [0.15, 0.2) is 0 Å². The Morgan fingerprint density at radius 2 is 2.00 bits per heavy atom. The number of phenols is 1. The summed E-state index contributed by atoms with van der Waals surface area (Å²) < 4.78 is 0.816. The van der Waals surface area contributed by atoms with Crippen LogP contribution < -0.4 is 4.90 Å². The summed E-state index contributed by atoms with van der Waals surface area (Å²) in [6.45, 7) is 0.0736. The standard InChI is InChI=1S/C15H13BrClNO3/c16-11-4-5-14(19)10(6-11)8-18(9-15(20)21)13-3-1-2-12(17)7-13/h1-7,19H,8-9H2,(H,20,21). The third-order valence-corrected chi connectivity index (χ3v) is 3.63. The Balaban J connectivity index is 2.32. The summed E-state index contributed by atoms with van der Waals surface area (Å²) in [6.07, 6.45) is 0. The summed E-state index contributed by atoms with van der Waals surface area (Å²) in [5.41, 5.74) is 1.31. The Hall–Kier alpha value is -1.72. The van der Waals surface area contributed by atoms with Gasteiger partial charge in [0.2, 0.25) is 0 Å². The van der Waals surface area contributed by atoms with E-state index in [2.05, 4.69) is 15.9 Å². The summed E-state index contributed by atoms with van der Waals surface area (Å²) in [7, 11) is 0. The van der Waals surface area contributed by atoms with E-state index >= 15 is 0 Å². The van der Waals surface area contributed by atoms with Crippen molar-refractivity contribution in [3.05, 3.63) is 57.5 Å². The molecule has 0 aliphatic rings. The number of nitrogens with zero attached hydrogens (tertiary/aromatic N) is 1. The van der Waals surface area contributed by atoms with E-state index < -0.39 is 5.97 Å². The van der Waals surface area contributed by atoms with Crippen LogP contribution in [0.5, 0.6) is 5.75 Å². The molecule has 0 saturated heterocycles. The third kappa shape index (κ3) is 4.37. The third-order valence-electron chi connectivity index (χ3n) is 2.90. The van der Waals surface area contributed by atoms with E-state index in [4.69, 9.17) is 16.7 Å². The predicted molar refractivity (Wildman–Crippen MR) is 85.9 cm³/mol. The van der Waals surface area contributed by atoms with Gasteiger partial charge in [-0.3, -0.25) is 4.79 Å². The first kappa shape index (κ1) is 15.7. The highest BCUT2D eigenvalue weighted by atomic mass is 79.9. The first-order valence-electron chi connectivity index (χ1n) is 6.15. The molecular formula is C15H13BrClNO3. The Kier molecular flexibility index (Phi) is 5.09. The molecule has 0 amide bonds. The fraction of sp³-hybridized carbons (Fsp3) is 0.133. The SMILES string of the molecule is O=C(O)CN(Cc1cc(Br)ccc1O)c1cccc(Cl)c1. The van der Waals surface area contributed by atoms with Crippen molar-refractivity contribution in [2.75, 3.05) is 11.4 Å². The second-order valence-electron chi connectivity index (χ2n) is 4.50. The lowest BCUT2D eigenvalue weighted by molar-refractivity contribution is -0.135. The zero-order chi connectivity index (χ0) is 15.4. The molecule has 2 N–H and O–H groups in total. The predicted octanol–water partition coefficient (Wildman–Crippen LogP) is 3.90. The van der Waals surface area contributed by atoms with Crippen molar-refractivity contribution < 1.29 is 15.0 Å². The second kappa shape index (κ2) is 6.83. The van der Waals surface area contributed by atoms with E-state index in [0.29, 0.717) is 16.3 Å². The topological polar surface area (TPSA) is 60.8 Å². The van der Waals surface area contributed by atoms with Crippen LogP contribution in [0.25, 0.3) is 0 Å². The Morgan fingerprint density at radius 3 is 2.67 bits per heavy atom. The van der Waals surface area contributed by atoms with Crippen LogP contribution in [0.1, 0.15) is 5.56 Å². The van der Waals surface area contributed by atoms with Gasteiger partial charge in [-0.1, -0.05) is 33.6 Å². The van der Waals surface area contributed by atoms with Crippen molar-refractivity contribution in [1.82, 2.24) is 0 Å². The molecule has 2 aromatic rings. The molecule has 0 aromatic heterocycles. The number of phenolic OH excluding ortho intramolecular Hbond substituents is 1. The van der Waals surface area contributed by atoms with Gasteiger partial charge < -0.3 is 15.1 Å². The molecule has 6 heteroatoms. The number of hydrogen-bond donors (Lipinski definition) is 2. The number of carbonyl (C=O) groups is 1. The van der Waals surface area contributed by atoms with Crippen LogP contribution in [0.4, 0.5) is 5.69 Å². The molecule has 21 heavy (non-hydrogen) atoms. The van der Waals surface area contributed by atoms with Gasteiger partial charge in [-0.2, -0.15) is 0 Å². The molecule has 0 saturated carbocycles. The minimum absolute atomic E-state index is 0.121. The number of anilines is 1. The summed E-state index contributed by atoms with van der Waals surface area (Å²) in [4.78, 5) is 12.7. The smallest absolute Gasteiger partial charge is 0.323 e. The minimum atomic E-state index is -0.954. The van der Waals surface area contributed by atoms with Gasteiger partial charge in [0.1, 0.15) is 12.3 Å². The van der Waals surface area contributed by atoms with E-state index in [9.17, 15) is 9.90 Å². The number of aliphatic carboxylic acids is 1. The Bertz CT molecular complexity index is 663. The number of carboxylic acid groups (broad SMARTS) is 1. The van der Waals surface area contributed by atoms with E-state index in [-0.39, 0.29) is 18.8 Å². The summed E-state index contributed by atoms with van der Waals surface area (Å²) in [5, 5.41) is 19.5. The van der Waals surface area contributed by atoms with Crippen LogP contribution in [0.2, 0.25) is 5.02 Å². The van der Waals surface area contributed by atoms with Gasteiger partial charge in [-0.25, -0.2) is 0 Å². The first-order valence-corrected chi connectivity index (χ1v) is 7.32. The van der Waals surface area contributed by atoms with Gasteiger partial charge in [0.25, 0.3) is 0 Å². The zero-order valence-corrected chi connectivity index (χ0v) is 13.3. The molecule has 4 nitrogen and oxygen atoms in total. The monoisotopic (exact) mass is 369 g/mol. The van der Waals surface area contributed by atoms with Gasteiger partial charge in [-0.05, 0) is 36.4 Å². The molecular weight excluding hydrogens is 358 g/mol. The molecule has 0 aliphatic heterocycles. The Morgan fingerprint density at radius 1 is 1.24 bits per heavy atom. The van der Waals surface area contributed by atoms with Crippen LogP contribution in [0.3, 0.4) is 0 Å². The fourth-order valence-electron chi connectivity index (χ4n) is 1.96. The minimum Gasteiger partial charge on any atom is -0.508 e. The number of halogens is 2. The van der Waals surface area contributed by atoms with Gasteiger partial charge in [0, 0.05) is 27.3 Å². The van der Waals surface area contributed by atoms with Crippen molar-refractivity contribution in [1.29, 1.82) is 0 Å². The average molecular weight is 371 g/mol. The van der Waals surface area contributed by atoms with E-state index in [1.54, 1.807) is 47.4 Å². The fourth-order valence-corrected chi connectivity index (χ4v) is 2.55. The molecule has 2 aromatic carbocycles. The van der Waals surface area contributed by atoms with E-state index in [1.807, 2.05) is 0 Å². The van der Waals surface area contributed by atoms with Crippen molar-refractivity contribution in [2.45, 2.75) is 6.54 Å². The molecule has 0 unspecified atom stereocenters. The zero-order valence-electron chi connectivity index (χ0n) is 11.0. The van der Waals surface area contributed by atoms with Crippen LogP contribution >= 0.6 is 27.5 Å². The van der Waals surface area contributed by atoms with Crippen molar-refractivity contribution >= 4 is 39.2 Å². The number of aromatic hydroxyl groups is 1. The molecule has 2 rings (SSSR count). The van der Waals surface area contributed by atoms with E-state index in [1.165, 1.54) is 0 Å². The summed E-state index contributed by atoms with van der Waals surface area (Å²) >= 11 is 9.29. The van der Waals surface area contributed by atoms with Crippen LogP contribution in [0.15, 0.2) is 46.9 Å². The molecule has 0 heterocycles. The van der Waals surface area contributed by atoms with Gasteiger partial charge in [0.05, 0.1) is 0 Å². The van der Waals surface area contributed by atoms with E-state index in [0.717, 1.165) is 4.47 Å². The summed E-state index contributed by atoms with van der Waals surface area (Å²) in [6, 6.07) is 12.0. The van der Waals surface area contributed by atoms with Crippen molar-refractivity contribution in [3.8, 4) is 5.75 Å². The van der Waals surface area contributed by atoms with Crippen LogP contribution in [0, 0.1) is 0 Å². The first-order chi connectivity index (χ1) is 9.95. The van der Waals surface area contributed by atoms with Crippen molar-refractivity contribution in [3.63, 3.8) is 0 Å². The maximum Gasteiger partial charge on any atom is 0.323 e. The largest absolute Gasteiger partial charge is 0.508 e. The second-order valence-corrected chi connectivity index (χ2v) is 5.85. The van der Waals surface area contributed by atoms with Crippen LogP contribution in [-0.2, 0) is 11.3 Å². The number of hydrogen-bond acceptors (Lipinski definition) is 3. The lowest BCUT2D eigenvalue weighted by Gasteiger charge is -2.23. The lowest BCUT2D eigenvalue weighted by Crippen LogP contribution is -2.29.